The molecule has 2 heterocycles. The summed E-state index contributed by atoms with van der Waals surface area (Å²) in [4.78, 5) is 45.2. The molecule has 146 valence electrons. The molecule has 6 nitrogen and oxygen atoms in total. The number of fused-ring (bicyclic) bond motifs is 1. The number of thioether (sulfide) groups is 1. The maximum Gasteiger partial charge on any atom is 0.259 e. The molecule has 0 aliphatic heterocycles. The van der Waals surface area contributed by atoms with Gasteiger partial charge in [-0.1, -0.05) is 0 Å². The Kier molecular flexibility index (Phi) is 6.00. The van der Waals surface area contributed by atoms with Gasteiger partial charge in [0.2, 0.25) is 5.91 Å². The van der Waals surface area contributed by atoms with E-state index >= 15 is 0 Å². The average molecular weight is 416 g/mol. The number of ketones is 1. The van der Waals surface area contributed by atoms with Crippen LogP contribution in [-0.4, -0.2) is 26.9 Å². The highest BCUT2D eigenvalue weighted by molar-refractivity contribution is 7.99. The summed E-state index contributed by atoms with van der Waals surface area (Å²) in [6, 6.07) is 6.79. The van der Waals surface area contributed by atoms with Crippen LogP contribution < -0.4 is 10.9 Å². The van der Waals surface area contributed by atoms with Gasteiger partial charge in [0.1, 0.15) is 10.7 Å². The summed E-state index contributed by atoms with van der Waals surface area (Å²) in [5.41, 5.74) is 2.08. The Hall–Kier alpha value is -2.45. The number of aryl methyl sites for hydroxylation is 2. The van der Waals surface area contributed by atoms with Gasteiger partial charge >= 0.3 is 0 Å². The maximum atomic E-state index is 12.4. The first kappa shape index (κ1) is 20.3. The van der Waals surface area contributed by atoms with Crippen LogP contribution in [0.5, 0.6) is 0 Å². The van der Waals surface area contributed by atoms with Crippen molar-refractivity contribution in [2.75, 3.05) is 5.32 Å². The number of anilines is 1. The minimum Gasteiger partial charge on any atom is -0.325 e. The molecule has 1 aromatic carbocycles. The summed E-state index contributed by atoms with van der Waals surface area (Å²) >= 11 is 2.91. The van der Waals surface area contributed by atoms with Crippen molar-refractivity contribution in [3.8, 4) is 0 Å². The zero-order valence-electron chi connectivity index (χ0n) is 16.1. The van der Waals surface area contributed by atoms with E-state index in [1.807, 2.05) is 13.8 Å². The fourth-order valence-electron chi connectivity index (χ4n) is 2.68. The molecule has 1 atom stereocenters. The SMILES string of the molecule is CC(=O)c1ccc(NC(=O)[C@H](C)SCc2nc3sc(C)c(C)c3c(=O)[nH]2)cc1. The number of nitrogens with zero attached hydrogens (tertiary/aromatic N) is 1. The molecule has 0 aliphatic rings. The Morgan fingerprint density at radius 1 is 1.25 bits per heavy atom. The van der Waals surface area contributed by atoms with Crippen molar-refractivity contribution in [2.45, 2.75) is 38.7 Å². The monoisotopic (exact) mass is 415 g/mol. The van der Waals surface area contributed by atoms with Crippen molar-refractivity contribution in [1.82, 2.24) is 9.97 Å². The van der Waals surface area contributed by atoms with Crippen LogP contribution in [0.4, 0.5) is 5.69 Å². The van der Waals surface area contributed by atoms with Gasteiger partial charge in [-0.2, -0.15) is 0 Å². The molecule has 2 N–H and O–H groups in total. The van der Waals surface area contributed by atoms with Crippen molar-refractivity contribution in [3.63, 3.8) is 0 Å². The minimum atomic E-state index is -0.333. The summed E-state index contributed by atoms with van der Waals surface area (Å²) in [6.07, 6.45) is 0. The third kappa shape index (κ3) is 4.34. The molecule has 3 rings (SSSR count). The lowest BCUT2D eigenvalue weighted by atomic mass is 10.1. The van der Waals surface area contributed by atoms with Gasteiger partial charge in [0.25, 0.3) is 5.56 Å². The van der Waals surface area contributed by atoms with E-state index in [0.717, 1.165) is 15.3 Å². The van der Waals surface area contributed by atoms with E-state index in [1.165, 1.54) is 30.0 Å². The molecule has 0 bridgehead atoms. The lowest BCUT2D eigenvalue weighted by molar-refractivity contribution is -0.115. The summed E-state index contributed by atoms with van der Waals surface area (Å²) < 4.78 is 0. The Morgan fingerprint density at radius 2 is 1.93 bits per heavy atom. The number of nitrogens with one attached hydrogen (secondary N) is 2. The van der Waals surface area contributed by atoms with Gasteiger partial charge in [0.05, 0.1) is 16.4 Å². The van der Waals surface area contributed by atoms with E-state index in [-0.39, 0.29) is 22.5 Å². The molecule has 8 heteroatoms. The first-order valence-electron chi connectivity index (χ1n) is 8.78. The van der Waals surface area contributed by atoms with Gasteiger partial charge in [0, 0.05) is 16.1 Å². The molecule has 0 fully saturated rings. The summed E-state index contributed by atoms with van der Waals surface area (Å²) in [6.45, 7) is 7.21. The second-order valence-electron chi connectivity index (χ2n) is 6.55. The van der Waals surface area contributed by atoms with Crippen molar-refractivity contribution in [1.29, 1.82) is 0 Å². The molecule has 0 saturated carbocycles. The molecule has 0 aliphatic carbocycles. The average Bonchev–Trinajstić information content (AvgIpc) is 2.94. The highest BCUT2D eigenvalue weighted by atomic mass is 32.2. The number of thiophene rings is 1. The van der Waals surface area contributed by atoms with E-state index in [0.29, 0.717) is 28.2 Å². The smallest absolute Gasteiger partial charge is 0.259 e. The fraction of sp³-hybridized carbons (Fsp3) is 0.300. The molecule has 2 aromatic heterocycles. The molecular formula is C20H21N3O3S2. The van der Waals surface area contributed by atoms with E-state index < -0.39 is 0 Å². The molecule has 28 heavy (non-hydrogen) atoms. The Bertz CT molecular complexity index is 1100. The van der Waals surface area contributed by atoms with Crippen LogP contribution in [0.3, 0.4) is 0 Å². The second kappa shape index (κ2) is 8.28. The van der Waals surface area contributed by atoms with Crippen LogP contribution in [0.25, 0.3) is 10.2 Å². The van der Waals surface area contributed by atoms with Crippen LogP contribution >= 0.6 is 23.1 Å². The number of Topliss-reactive ketones (excluding diaryl/α,β-unsaturated/α-hetero) is 1. The molecular weight excluding hydrogens is 394 g/mol. The van der Waals surface area contributed by atoms with Crippen LogP contribution in [0.15, 0.2) is 29.1 Å². The number of aromatic amines is 1. The van der Waals surface area contributed by atoms with E-state index in [9.17, 15) is 14.4 Å². The topological polar surface area (TPSA) is 91.9 Å². The number of hydrogen-bond donors (Lipinski definition) is 2. The van der Waals surface area contributed by atoms with Crippen LogP contribution in [0.2, 0.25) is 0 Å². The van der Waals surface area contributed by atoms with Crippen molar-refractivity contribution in [3.05, 3.63) is 56.4 Å². The lowest BCUT2D eigenvalue weighted by Gasteiger charge is -2.12. The van der Waals surface area contributed by atoms with Crippen molar-refractivity contribution >= 4 is 50.7 Å². The minimum absolute atomic E-state index is 0.0172. The van der Waals surface area contributed by atoms with Gasteiger partial charge in [-0.05, 0) is 57.5 Å². The highest BCUT2D eigenvalue weighted by Crippen LogP contribution is 2.26. The van der Waals surface area contributed by atoms with Gasteiger partial charge in [-0.25, -0.2) is 4.98 Å². The quantitative estimate of drug-likeness (QED) is 0.592. The molecule has 0 unspecified atom stereocenters. The number of carbonyl (C=O) groups excluding carboxylic acids is 2. The summed E-state index contributed by atoms with van der Waals surface area (Å²) in [5, 5.41) is 3.15. The standard InChI is InChI=1S/C20H21N3O3S2/c1-10-12(3)28-20-17(10)19(26)22-16(23-20)9-27-13(4)18(25)21-15-7-5-14(6-8-15)11(2)24/h5-8,13H,9H2,1-4H3,(H,21,25)(H,22,23,26)/t13-/m0/s1. The Balaban J connectivity index is 1.64. The van der Waals surface area contributed by atoms with E-state index in [1.54, 1.807) is 31.2 Å². The first-order valence-corrected chi connectivity index (χ1v) is 10.6. The van der Waals surface area contributed by atoms with Crippen LogP contribution in [0.1, 0.15) is 40.5 Å². The first-order chi connectivity index (χ1) is 13.3. The highest BCUT2D eigenvalue weighted by Gasteiger charge is 2.16. The number of carbonyl (C=O) groups is 2. The normalized spacial score (nSPS) is 12.1. The number of hydrogen-bond acceptors (Lipinski definition) is 6. The lowest BCUT2D eigenvalue weighted by Crippen LogP contribution is -2.23. The summed E-state index contributed by atoms with van der Waals surface area (Å²) in [5.74, 6) is 0.830. The largest absolute Gasteiger partial charge is 0.325 e. The van der Waals surface area contributed by atoms with Crippen molar-refractivity contribution in [2.24, 2.45) is 0 Å². The van der Waals surface area contributed by atoms with Crippen LogP contribution in [0, 0.1) is 13.8 Å². The predicted octanol–water partition coefficient (Wildman–Crippen LogP) is 4.06. The fourth-order valence-corrected chi connectivity index (χ4v) is 4.48. The summed E-state index contributed by atoms with van der Waals surface area (Å²) in [7, 11) is 0. The number of amides is 1. The molecule has 3 aromatic rings. The zero-order chi connectivity index (χ0) is 20.4. The van der Waals surface area contributed by atoms with Gasteiger partial charge < -0.3 is 10.3 Å². The Morgan fingerprint density at radius 3 is 2.57 bits per heavy atom. The van der Waals surface area contributed by atoms with Crippen molar-refractivity contribution < 1.29 is 9.59 Å². The Labute approximate surface area is 170 Å². The zero-order valence-corrected chi connectivity index (χ0v) is 17.7. The van der Waals surface area contributed by atoms with Gasteiger partial charge in [0.15, 0.2) is 5.78 Å². The van der Waals surface area contributed by atoms with E-state index in [4.69, 9.17) is 0 Å². The van der Waals surface area contributed by atoms with Crippen LogP contribution in [-0.2, 0) is 10.5 Å². The third-order valence-electron chi connectivity index (χ3n) is 4.49. The number of benzene rings is 1. The molecule has 0 spiro atoms. The van der Waals surface area contributed by atoms with Gasteiger partial charge in [-0.3, -0.25) is 14.4 Å². The molecule has 0 radical (unpaired) electrons. The predicted molar refractivity (Wildman–Crippen MR) is 116 cm³/mol. The molecule has 1 amide bonds. The van der Waals surface area contributed by atoms with Gasteiger partial charge in [-0.15, -0.1) is 23.1 Å². The second-order valence-corrected chi connectivity index (χ2v) is 9.08. The third-order valence-corrected chi connectivity index (χ3v) is 6.74. The number of H-pyrrole nitrogens is 1. The number of aromatic nitrogens is 2. The number of rotatable bonds is 6. The maximum absolute atomic E-state index is 12.4. The molecule has 0 saturated heterocycles. The van der Waals surface area contributed by atoms with E-state index in [2.05, 4.69) is 15.3 Å².